The van der Waals surface area contributed by atoms with Gasteiger partial charge in [0, 0.05) is 90.7 Å². The molecule has 7 heterocycles. The SMILES string of the molecule is CO[C@H]1C[C@@H]2CC[C@@H](C)[C@@](O)(O2)C(=O)C(=O)N2CCCC[C@H]2C(=O)O[C@H]([C@H](C)C[C@@H]2CC[C@@H](O)[C@H](OC)C2)C[C@@H](OC)[C@H](C)/C=C(\C)[C@@H](O)[C@@H](OC)C(=NOCc2cn(CCOCCOCCOCCOCCOCCOCCOCCOCCC(=O)NCCCCn3nc(-c4ccc5oc(N)nc5c4)c4c(N)ncnc43)nn2)[C@H](C)C[C@H](C)/C=C/C=C/C=C/1C. The van der Waals surface area contributed by atoms with Crippen LogP contribution in [0, 0.1) is 35.5 Å². The van der Waals surface area contributed by atoms with Gasteiger partial charge in [0.25, 0.3) is 17.7 Å². The minimum Gasteiger partial charge on any atom is -0.460 e. The number of esters is 1. The number of aliphatic hydroxyl groups is 3. The van der Waals surface area contributed by atoms with Crippen LogP contribution in [0.1, 0.15) is 150 Å². The Bertz CT molecular complexity index is 4270. The molecular weight excluding hydrogens is 1630 g/mol. The maximum Gasteiger partial charge on any atom is 0.329 e. The van der Waals surface area contributed by atoms with Gasteiger partial charge in [0.15, 0.2) is 17.8 Å². The number of aromatic nitrogens is 8. The number of carbonyl (C=O) groups excluding carboxylic acids is 4. The van der Waals surface area contributed by atoms with Crippen LogP contribution in [0.2, 0.25) is 0 Å². The van der Waals surface area contributed by atoms with Gasteiger partial charge < -0.3 is 113 Å². The normalized spacial score (nSPS) is 27.5. The number of carbonyl (C=O) groups is 4. The third-order valence-electron chi connectivity index (χ3n) is 23.8. The number of amides is 2. The Hall–Kier alpha value is -8.15. The van der Waals surface area contributed by atoms with Gasteiger partial charge >= 0.3 is 5.97 Å². The Balaban J connectivity index is 0.647. The van der Waals surface area contributed by atoms with Gasteiger partial charge in [-0.05, 0) is 138 Å². The number of Topliss-reactive ketones (excluding diaryl/α,β-unsaturated/α-hetero) is 1. The van der Waals surface area contributed by atoms with Crippen LogP contribution in [-0.4, -0.2) is 297 Å². The summed E-state index contributed by atoms with van der Waals surface area (Å²) in [4.78, 5) is 76.6. The van der Waals surface area contributed by atoms with E-state index in [0.717, 1.165) is 30.4 Å². The van der Waals surface area contributed by atoms with Crippen molar-refractivity contribution >= 4 is 63.2 Å². The number of unbranched alkanes of at least 4 members (excludes halogenated alkanes) is 1. The highest BCUT2D eigenvalue weighted by molar-refractivity contribution is 6.39. The number of anilines is 2. The number of aryl methyl sites for hydroxylation is 1. The van der Waals surface area contributed by atoms with Crippen molar-refractivity contribution in [3.05, 3.63) is 84.0 Å². The fourth-order valence-corrected chi connectivity index (χ4v) is 16.6. The van der Waals surface area contributed by atoms with Gasteiger partial charge in [-0.15, -0.1) is 5.10 Å². The topological polar surface area (TPSA) is 447 Å². The zero-order valence-electron chi connectivity index (χ0n) is 75.6. The van der Waals surface area contributed by atoms with E-state index in [1.54, 1.807) is 49.9 Å². The fourth-order valence-electron chi connectivity index (χ4n) is 16.6. The summed E-state index contributed by atoms with van der Waals surface area (Å²) in [6.45, 7) is 21.4. The number of ether oxygens (including phenoxy) is 14. The second kappa shape index (κ2) is 53.7. The standard InChI is InChI=1S/C90H139N13O23/c1-59-19-13-12-14-20-60(2)74(111-8)54-69-25-22-65(7)90(110,126-69)84(107)87(108)102-30-17-15-21-71(102)88(109)124-76(62(4)51-66-23-26-72(104)77(52-66)113-10)55-75(112-9)61(3)50-64(6)82(106)83(114-11)80(63(5)49-59)99-123-57-68-56-101(100-97-68)32-34-116-36-38-118-40-42-120-44-46-122-48-47-121-45-43-119-41-39-117-37-35-115-33-28-78(105)93-29-16-18-31-103-86-79(85(91)94-58-95-86)81(98-103)67-24-27-73-70(53-67)96-89(92)125-73/h12-14,19-20,24,27,50,53,56,58-59,61-63,65-66,69,71-72,74-77,82-83,104,106,110H,15-18,21-23,25-26,28-49,51-52,54-55,57H2,1-11H3,(H2,92,96)(H,93,105)(H2,91,94,95)/b14-12+,19-13+,60-20+,64-50+,99-80?/t59-,61-,62-,63-,65-,66+,69+,71+,72-,74+,75-,76+,77-,82-,83+,90-/m1/s1. The summed E-state index contributed by atoms with van der Waals surface area (Å²) in [5, 5.41) is 57.1. The molecule has 126 heavy (non-hydrogen) atoms. The molecule has 4 aromatic heterocycles. The number of rotatable bonds is 43. The van der Waals surface area contributed by atoms with Gasteiger partial charge in [0.1, 0.15) is 53.4 Å². The molecule has 5 aromatic rings. The molecule has 702 valence electrons. The van der Waals surface area contributed by atoms with Crippen LogP contribution in [0.3, 0.4) is 0 Å². The number of hydrogen-bond donors (Lipinski definition) is 6. The first-order valence-electron chi connectivity index (χ1n) is 44.7. The highest BCUT2D eigenvalue weighted by atomic mass is 16.6. The van der Waals surface area contributed by atoms with Crippen molar-refractivity contribution in [1.29, 1.82) is 0 Å². The van der Waals surface area contributed by atoms with Crippen LogP contribution < -0.4 is 16.8 Å². The second-order valence-electron chi connectivity index (χ2n) is 33.3. The largest absolute Gasteiger partial charge is 0.460 e. The lowest BCUT2D eigenvalue weighted by atomic mass is 9.78. The minimum atomic E-state index is -2.44. The number of oxazole rings is 1. The van der Waals surface area contributed by atoms with E-state index >= 15 is 0 Å². The number of cyclic esters (lactones) is 1. The summed E-state index contributed by atoms with van der Waals surface area (Å²) in [7, 11) is 6.32. The third-order valence-corrected chi connectivity index (χ3v) is 23.8. The molecule has 1 saturated carbocycles. The van der Waals surface area contributed by atoms with Gasteiger partial charge in [-0.1, -0.05) is 81.4 Å². The average Bonchev–Trinajstić information content (AvgIpc) is 1.72. The smallest absolute Gasteiger partial charge is 0.329 e. The van der Waals surface area contributed by atoms with E-state index in [4.69, 9.17) is 97.3 Å². The molecule has 16 atom stereocenters. The molecule has 8 N–H and O–H groups in total. The Labute approximate surface area is 739 Å². The predicted octanol–water partition coefficient (Wildman–Crippen LogP) is 8.45. The Morgan fingerprint density at radius 3 is 2.07 bits per heavy atom. The van der Waals surface area contributed by atoms with Crippen molar-refractivity contribution in [2.45, 2.75) is 225 Å². The number of nitrogen functional groups attached to an aromatic ring is 2. The molecule has 1 aliphatic carbocycles. The molecule has 3 fully saturated rings. The number of fused-ring (bicyclic) bond motifs is 5. The van der Waals surface area contributed by atoms with E-state index in [2.05, 4.69) is 43.6 Å². The van der Waals surface area contributed by atoms with E-state index in [-0.39, 0.29) is 86.6 Å². The Morgan fingerprint density at radius 2 is 1.40 bits per heavy atom. The molecule has 0 spiro atoms. The molecule has 0 radical (unpaired) electrons. The summed E-state index contributed by atoms with van der Waals surface area (Å²) in [6.07, 6.45) is 17.3. The van der Waals surface area contributed by atoms with Crippen LogP contribution >= 0.6 is 0 Å². The van der Waals surface area contributed by atoms with E-state index in [0.29, 0.717) is 227 Å². The van der Waals surface area contributed by atoms with Crippen molar-refractivity contribution in [2.75, 3.05) is 159 Å². The number of hydrogen-bond acceptors (Lipinski definition) is 32. The molecule has 0 unspecified atom stereocenters. The Kier molecular flexibility index (Phi) is 43.3. The zero-order valence-corrected chi connectivity index (χ0v) is 75.6. The summed E-state index contributed by atoms with van der Waals surface area (Å²) >= 11 is 0. The quantitative estimate of drug-likeness (QED) is 0.00700. The van der Waals surface area contributed by atoms with Crippen molar-refractivity contribution in [1.82, 2.24) is 49.9 Å². The monoisotopic (exact) mass is 1770 g/mol. The first-order valence-corrected chi connectivity index (χ1v) is 44.7. The number of aliphatic hydroxyl groups excluding tert-OH is 2. The molecule has 36 nitrogen and oxygen atoms in total. The van der Waals surface area contributed by atoms with E-state index in [1.807, 2.05) is 77.1 Å². The summed E-state index contributed by atoms with van der Waals surface area (Å²) in [5.41, 5.74) is 17.7. The lowest BCUT2D eigenvalue weighted by Gasteiger charge is -2.43. The van der Waals surface area contributed by atoms with Crippen LogP contribution in [0.15, 0.2) is 87.9 Å². The number of benzene rings is 1. The lowest BCUT2D eigenvalue weighted by molar-refractivity contribution is -0.265. The van der Waals surface area contributed by atoms with Crippen molar-refractivity contribution in [3.63, 3.8) is 0 Å². The number of oxime groups is 1. The highest BCUT2D eigenvalue weighted by Crippen LogP contribution is 2.40. The van der Waals surface area contributed by atoms with Crippen LogP contribution in [-0.2, 0) is 110 Å². The fraction of sp³-hybridized carbons (Fsp3) is 0.700. The third kappa shape index (κ3) is 31.3. The van der Waals surface area contributed by atoms with E-state index in [9.17, 15) is 34.5 Å². The summed E-state index contributed by atoms with van der Waals surface area (Å²) in [6, 6.07) is 4.47. The van der Waals surface area contributed by atoms with Crippen molar-refractivity contribution in [3.8, 4) is 11.3 Å². The maximum atomic E-state index is 14.9. The number of nitrogens with zero attached hydrogens (tertiary/aromatic N) is 10. The molecule has 1 aromatic carbocycles. The van der Waals surface area contributed by atoms with Gasteiger partial charge in [0.05, 0.1) is 160 Å². The lowest BCUT2D eigenvalue weighted by Crippen LogP contribution is -2.61. The number of nitrogens with two attached hydrogens (primary N) is 2. The van der Waals surface area contributed by atoms with Crippen LogP contribution in [0.25, 0.3) is 33.4 Å². The summed E-state index contributed by atoms with van der Waals surface area (Å²) in [5.74, 6) is -6.40. The molecule has 36 heteroatoms. The van der Waals surface area contributed by atoms with E-state index in [1.165, 1.54) is 18.3 Å². The second-order valence-corrected chi connectivity index (χ2v) is 33.3. The predicted molar refractivity (Wildman–Crippen MR) is 469 cm³/mol. The van der Waals surface area contributed by atoms with Crippen LogP contribution in [0.4, 0.5) is 11.8 Å². The van der Waals surface area contributed by atoms with Gasteiger partial charge in [0.2, 0.25) is 11.7 Å². The molecule has 2 bridgehead atoms. The average molecular weight is 1770 g/mol. The van der Waals surface area contributed by atoms with E-state index < -0.39 is 78.1 Å². The Morgan fingerprint density at radius 1 is 0.730 bits per heavy atom. The van der Waals surface area contributed by atoms with Gasteiger partial charge in [-0.25, -0.2) is 24.1 Å². The first-order chi connectivity index (χ1) is 60.9. The molecule has 3 aliphatic heterocycles. The number of nitrogens with one attached hydrogen (secondary N) is 1. The summed E-state index contributed by atoms with van der Waals surface area (Å²) < 4.78 is 91.0. The van der Waals surface area contributed by atoms with Gasteiger partial charge in [-0.3, -0.25) is 14.4 Å². The number of allylic oxidation sites excluding steroid dienone is 5. The molecule has 4 aliphatic rings. The molecule has 9 rings (SSSR count). The number of ketones is 1. The zero-order chi connectivity index (χ0) is 90.3. The van der Waals surface area contributed by atoms with Crippen LogP contribution in [0.5, 0.6) is 0 Å². The molecule has 2 amide bonds. The molecular formula is C90H139N13O23. The first kappa shape index (κ1) is 102. The maximum absolute atomic E-state index is 14.9. The highest BCUT2D eigenvalue weighted by Gasteiger charge is 2.53. The van der Waals surface area contributed by atoms with Gasteiger partial charge in [-0.2, -0.15) is 10.1 Å². The van der Waals surface area contributed by atoms with Crippen molar-refractivity contribution in [2.24, 2.45) is 40.7 Å². The number of methoxy groups -OCH3 is 4. The molecule has 2 saturated heterocycles. The minimum absolute atomic E-state index is 0.0214. The number of piperidine rings is 1. The van der Waals surface area contributed by atoms with Crippen molar-refractivity contribution < 1.29 is 110 Å².